The van der Waals surface area contributed by atoms with E-state index in [0.717, 1.165) is 67.4 Å². The van der Waals surface area contributed by atoms with Gasteiger partial charge in [0.15, 0.2) is 5.82 Å². The number of rotatable bonds is 8. The Hall–Kier alpha value is -6.58. The molecule has 0 aliphatic heterocycles. The van der Waals surface area contributed by atoms with Crippen molar-refractivity contribution in [2.24, 2.45) is 0 Å². The van der Waals surface area contributed by atoms with Crippen molar-refractivity contribution in [1.82, 2.24) is 9.97 Å². The number of anilines is 3. The second-order valence-corrected chi connectivity index (χ2v) is 12.9. The van der Waals surface area contributed by atoms with Gasteiger partial charge >= 0.3 is 0 Å². The number of benzene rings is 7. The summed E-state index contributed by atoms with van der Waals surface area (Å²) in [4.78, 5) is 12.9. The third-order valence-corrected chi connectivity index (χ3v) is 9.21. The SMILES string of the molecule is Cc1ccc(N(c2ccc(C)cc2)c2c(-c3ccccc3)cc(-c3nc(-c4ccccc4)cc(-c4ccccc4)n3)cc2-c2ccccc2)cc1. The monoisotopic (exact) mass is 655 g/mol. The first-order valence-electron chi connectivity index (χ1n) is 17.3. The van der Waals surface area contributed by atoms with Crippen molar-refractivity contribution < 1.29 is 0 Å². The molecule has 1 heterocycles. The fraction of sp³-hybridized carbons (Fsp3) is 0.0417. The molecule has 0 aliphatic rings. The molecule has 0 bridgehead atoms. The maximum Gasteiger partial charge on any atom is 0.160 e. The van der Waals surface area contributed by atoms with Crippen molar-refractivity contribution in [3.63, 3.8) is 0 Å². The molecule has 3 nitrogen and oxygen atoms in total. The number of aryl methyl sites for hydroxylation is 2. The average molecular weight is 656 g/mol. The van der Waals surface area contributed by atoms with Gasteiger partial charge in [0.25, 0.3) is 0 Å². The van der Waals surface area contributed by atoms with Crippen LogP contribution < -0.4 is 4.90 Å². The van der Waals surface area contributed by atoms with Crippen LogP contribution in [0.2, 0.25) is 0 Å². The minimum atomic E-state index is 0.674. The predicted octanol–water partition coefficient (Wildman–Crippen LogP) is 12.9. The molecule has 1 aromatic heterocycles. The van der Waals surface area contributed by atoms with Crippen LogP contribution in [0.4, 0.5) is 17.1 Å². The third kappa shape index (κ3) is 6.70. The molecule has 8 rings (SSSR count). The second-order valence-electron chi connectivity index (χ2n) is 12.9. The summed E-state index contributed by atoms with van der Waals surface area (Å²) in [7, 11) is 0. The Bertz CT molecular complexity index is 2220. The topological polar surface area (TPSA) is 29.0 Å². The largest absolute Gasteiger partial charge is 0.309 e. The first-order chi connectivity index (χ1) is 25.1. The Labute approximate surface area is 300 Å². The van der Waals surface area contributed by atoms with Crippen molar-refractivity contribution in [2.75, 3.05) is 4.90 Å². The van der Waals surface area contributed by atoms with E-state index < -0.39 is 0 Å². The number of nitrogens with zero attached hydrogens (tertiary/aromatic N) is 3. The molecule has 0 N–H and O–H groups in total. The van der Waals surface area contributed by atoms with Gasteiger partial charge in [-0.2, -0.15) is 0 Å². The maximum atomic E-state index is 5.25. The van der Waals surface area contributed by atoms with Crippen LogP contribution >= 0.6 is 0 Å². The molecule has 3 heteroatoms. The van der Waals surface area contributed by atoms with Gasteiger partial charge < -0.3 is 4.90 Å². The Morgan fingerprint density at radius 3 is 1.08 bits per heavy atom. The summed E-state index contributed by atoms with van der Waals surface area (Å²) in [6.45, 7) is 4.26. The zero-order valence-corrected chi connectivity index (χ0v) is 28.7. The van der Waals surface area contributed by atoms with E-state index in [1.54, 1.807) is 0 Å². The van der Waals surface area contributed by atoms with Gasteiger partial charge in [-0.15, -0.1) is 0 Å². The standard InChI is InChI=1S/C48H37N3/c1-34-23-27-41(28-24-34)51(42-29-25-35(2)26-30-42)47-43(36-15-7-3-8-16-36)31-40(32-44(47)37-17-9-4-10-18-37)48-49-45(38-19-11-5-12-20-38)33-46(50-48)39-21-13-6-14-22-39/h3-33H,1-2H3. The van der Waals surface area contributed by atoms with Crippen LogP contribution in [0.5, 0.6) is 0 Å². The first kappa shape index (κ1) is 31.7. The smallest absolute Gasteiger partial charge is 0.160 e. The van der Waals surface area contributed by atoms with Crippen molar-refractivity contribution in [1.29, 1.82) is 0 Å². The minimum Gasteiger partial charge on any atom is -0.309 e. The molecule has 0 radical (unpaired) electrons. The molecule has 0 saturated heterocycles. The summed E-state index contributed by atoms with van der Waals surface area (Å²) in [6.07, 6.45) is 0. The summed E-state index contributed by atoms with van der Waals surface area (Å²) >= 11 is 0. The van der Waals surface area contributed by atoms with Crippen molar-refractivity contribution >= 4 is 17.1 Å². The van der Waals surface area contributed by atoms with E-state index in [1.807, 2.05) is 12.1 Å². The fourth-order valence-corrected chi connectivity index (χ4v) is 6.56. The summed E-state index contributed by atoms with van der Waals surface area (Å²) < 4.78 is 0. The van der Waals surface area contributed by atoms with Crippen LogP contribution in [0.1, 0.15) is 11.1 Å². The van der Waals surface area contributed by atoms with Crippen LogP contribution in [0.3, 0.4) is 0 Å². The lowest BCUT2D eigenvalue weighted by atomic mass is 9.91. The second kappa shape index (κ2) is 14.1. The van der Waals surface area contributed by atoms with Crippen LogP contribution in [0.25, 0.3) is 56.2 Å². The highest BCUT2D eigenvalue weighted by Gasteiger charge is 2.24. The lowest BCUT2D eigenvalue weighted by molar-refractivity contribution is 1.18. The predicted molar refractivity (Wildman–Crippen MR) is 213 cm³/mol. The molecule has 0 fully saturated rings. The Kier molecular flexibility index (Phi) is 8.76. The highest BCUT2D eigenvalue weighted by molar-refractivity contribution is 6.00. The van der Waals surface area contributed by atoms with E-state index in [9.17, 15) is 0 Å². The molecule has 244 valence electrons. The lowest BCUT2D eigenvalue weighted by Crippen LogP contribution is -2.13. The summed E-state index contributed by atoms with van der Waals surface area (Å²) in [5.74, 6) is 0.674. The molecule has 0 spiro atoms. The van der Waals surface area contributed by atoms with Gasteiger partial charge in [-0.3, -0.25) is 0 Å². The molecule has 0 amide bonds. The molecule has 51 heavy (non-hydrogen) atoms. The van der Waals surface area contributed by atoms with Crippen LogP contribution in [-0.2, 0) is 0 Å². The third-order valence-electron chi connectivity index (χ3n) is 9.21. The van der Waals surface area contributed by atoms with Gasteiger partial charge in [-0.05, 0) is 67.4 Å². The van der Waals surface area contributed by atoms with E-state index in [1.165, 1.54) is 11.1 Å². The molecule has 0 aliphatic carbocycles. The number of hydrogen-bond acceptors (Lipinski definition) is 3. The zero-order chi connectivity index (χ0) is 34.6. The van der Waals surface area contributed by atoms with Gasteiger partial charge in [0.1, 0.15) is 0 Å². The first-order valence-corrected chi connectivity index (χ1v) is 17.3. The average Bonchev–Trinajstić information content (AvgIpc) is 3.20. The van der Waals surface area contributed by atoms with E-state index in [4.69, 9.17) is 9.97 Å². The molecule has 7 aromatic carbocycles. The van der Waals surface area contributed by atoms with Gasteiger partial charge in [0.2, 0.25) is 0 Å². The van der Waals surface area contributed by atoms with Crippen LogP contribution in [0.15, 0.2) is 188 Å². The zero-order valence-electron chi connectivity index (χ0n) is 28.7. The maximum absolute atomic E-state index is 5.25. The lowest BCUT2D eigenvalue weighted by Gasteiger charge is -2.31. The van der Waals surface area contributed by atoms with Gasteiger partial charge in [-0.1, -0.05) is 157 Å². The van der Waals surface area contributed by atoms with Crippen molar-refractivity contribution in [2.45, 2.75) is 13.8 Å². The van der Waals surface area contributed by atoms with Gasteiger partial charge in [-0.25, -0.2) is 9.97 Å². The summed E-state index contributed by atoms with van der Waals surface area (Å²) in [5, 5.41) is 0. The summed E-state index contributed by atoms with van der Waals surface area (Å²) in [6, 6.07) is 66.3. The Morgan fingerprint density at radius 1 is 0.353 bits per heavy atom. The quantitative estimate of drug-likeness (QED) is 0.163. The highest BCUT2D eigenvalue weighted by Crippen LogP contribution is 2.48. The Balaban J connectivity index is 1.46. The Morgan fingerprint density at radius 2 is 0.706 bits per heavy atom. The molecule has 8 aromatic rings. The van der Waals surface area contributed by atoms with Crippen LogP contribution in [-0.4, -0.2) is 9.97 Å². The van der Waals surface area contributed by atoms with Gasteiger partial charge in [0, 0.05) is 39.2 Å². The fourth-order valence-electron chi connectivity index (χ4n) is 6.56. The van der Waals surface area contributed by atoms with Gasteiger partial charge in [0.05, 0.1) is 17.1 Å². The normalized spacial score (nSPS) is 10.9. The van der Waals surface area contributed by atoms with Crippen molar-refractivity contribution in [3.05, 3.63) is 199 Å². The van der Waals surface area contributed by atoms with E-state index >= 15 is 0 Å². The molecular formula is C48H37N3. The van der Waals surface area contributed by atoms with E-state index in [0.29, 0.717) is 5.82 Å². The van der Waals surface area contributed by atoms with E-state index in [2.05, 4.69) is 195 Å². The molecule has 0 atom stereocenters. The molecular weight excluding hydrogens is 619 g/mol. The van der Waals surface area contributed by atoms with Crippen molar-refractivity contribution in [3.8, 4) is 56.2 Å². The van der Waals surface area contributed by atoms with E-state index in [-0.39, 0.29) is 0 Å². The van der Waals surface area contributed by atoms with Crippen LogP contribution in [0, 0.1) is 13.8 Å². The number of hydrogen-bond donors (Lipinski definition) is 0. The summed E-state index contributed by atoms with van der Waals surface area (Å²) in [5.41, 5.74) is 14.9. The molecule has 0 saturated carbocycles. The minimum absolute atomic E-state index is 0.674. The number of aromatic nitrogens is 2. The highest BCUT2D eigenvalue weighted by atomic mass is 15.1. The molecule has 0 unspecified atom stereocenters.